The molecule has 4 heteroatoms. The normalized spacial score (nSPS) is 15.8. The molecule has 0 aromatic heterocycles. The molecule has 0 fully saturated rings. The number of carboxylic acids is 1. The van der Waals surface area contributed by atoms with Crippen LogP contribution < -0.4 is 0 Å². The molecule has 41 heavy (non-hydrogen) atoms. The maximum atomic E-state index is 11.1. The molecule has 4 atom stereocenters. The van der Waals surface area contributed by atoms with Crippen LogP contribution in [0.4, 0.5) is 0 Å². The van der Waals surface area contributed by atoms with Crippen LogP contribution in [0.2, 0.25) is 0 Å². The van der Waals surface area contributed by atoms with Crippen molar-refractivity contribution in [3.63, 3.8) is 0 Å². The van der Waals surface area contributed by atoms with Crippen molar-refractivity contribution in [2.45, 2.75) is 151 Å². The van der Waals surface area contributed by atoms with Gasteiger partial charge in [-0.15, -0.1) is 0 Å². The van der Waals surface area contributed by atoms with E-state index in [9.17, 15) is 9.90 Å². The maximum absolute atomic E-state index is 11.1. The Labute approximate surface area is 253 Å². The Hall–Kier alpha value is -1.65. The van der Waals surface area contributed by atoms with Crippen LogP contribution in [0.3, 0.4) is 0 Å². The molecule has 0 spiro atoms. The van der Waals surface area contributed by atoms with Gasteiger partial charge in [0.15, 0.2) is 0 Å². The number of hydrogen-bond acceptors (Lipinski definition) is 3. The van der Waals surface area contributed by atoms with Gasteiger partial charge in [0.2, 0.25) is 0 Å². The van der Waals surface area contributed by atoms with E-state index in [4.69, 9.17) is 9.84 Å². The van der Waals surface area contributed by atoms with Crippen LogP contribution >= 0.6 is 0 Å². The van der Waals surface area contributed by atoms with Gasteiger partial charge in [0.05, 0.1) is 18.1 Å². The lowest BCUT2D eigenvalue weighted by Crippen LogP contribution is -2.25. The second-order valence-corrected chi connectivity index (χ2v) is 13.7. The third kappa shape index (κ3) is 16.5. The van der Waals surface area contributed by atoms with Crippen molar-refractivity contribution >= 4 is 5.97 Å². The summed E-state index contributed by atoms with van der Waals surface area (Å²) in [6.45, 7) is 18.6. The Morgan fingerprint density at radius 3 is 2.27 bits per heavy atom. The van der Waals surface area contributed by atoms with Gasteiger partial charge in [0, 0.05) is 6.61 Å². The number of carboxylic acid groups (broad SMARTS) is 1. The summed E-state index contributed by atoms with van der Waals surface area (Å²) < 4.78 is 6.44. The van der Waals surface area contributed by atoms with Crippen LogP contribution in [0, 0.1) is 37.5 Å². The highest BCUT2D eigenvalue weighted by Crippen LogP contribution is 2.27. The number of aliphatic hydroxyl groups is 1. The molecule has 1 aromatic rings. The minimum absolute atomic E-state index is 0.352. The molecule has 0 radical (unpaired) electrons. The molecule has 0 saturated carbocycles. The van der Waals surface area contributed by atoms with Crippen molar-refractivity contribution in [1.29, 1.82) is 0 Å². The first-order valence-electron chi connectivity index (χ1n) is 16.6. The summed E-state index contributed by atoms with van der Waals surface area (Å²) >= 11 is 0. The zero-order valence-electron chi connectivity index (χ0n) is 27.9. The van der Waals surface area contributed by atoms with E-state index < -0.39 is 11.6 Å². The smallest absolute Gasteiger partial charge is 0.306 e. The lowest BCUT2D eigenvalue weighted by molar-refractivity contribution is -0.141. The first-order chi connectivity index (χ1) is 19.4. The summed E-state index contributed by atoms with van der Waals surface area (Å²) in [5.74, 6) is 0.893. The zero-order chi connectivity index (χ0) is 30.8. The number of ether oxygens (including phenoxy) is 1. The monoisotopic (exact) mass is 572 g/mol. The van der Waals surface area contributed by atoms with E-state index in [1.165, 1.54) is 47.9 Å². The van der Waals surface area contributed by atoms with Gasteiger partial charge in [-0.05, 0) is 125 Å². The fraction of sp³-hybridized carbons (Fsp3) is 0.757. The van der Waals surface area contributed by atoms with E-state index in [0.29, 0.717) is 25.4 Å². The fourth-order valence-corrected chi connectivity index (χ4v) is 5.73. The molecule has 236 valence electrons. The summed E-state index contributed by atoms with van der Waals surface area (Å²) in [7, 11) is 0. The van der Waals surface area contributed by atoms with E-state index in [2.05, 4.69) is 65.8 Å². The minimum Gasteiger partial charge on any atom is -0.481 e. The standard InChI is InChI=1S/C37H64O4/c1-9-10-11-18-33(19-14-25-37(8,40)24-13-17-31(6)36(38)39)26-41-27-35-32(7)30(5)21-23-34(35)22-20-29(4)16-12-15-28(2)3/h9-10,21,23,28-29,31,33,40H,11-20,22,24-27H2,1-8H3,(H,38,39)/b10-9-. The molecule has 4 unspecified atom stereocenters. The van der Waals surface area contributed by atoms with Gasteiger partial charge in [-0.1, -0.05) is 77.7 Å². The van der Waals surface area contributed by atoms with E-state index in [-0.39, 0.29) is 5.92 Å². The van der Waals surface area contributed by atoms with E-state index >= 15 is 0 Å². The largest absolute Gasteiger partial charge is 0.481 e. The molecule has 0 heterocycles. The molecule has 1 rings (SSSR count). The summed E-state index contributed by atoms with van der Waals surface area (Å²) in [4.78, 5) is 11.1. The number of aliphatic carboxylic acids is 1. The molecular weight excluding hydrogens is 508 g/mol. The third-order valence-corrected chi connectivity index (χ3v) is 9.03. The first-order valence-corrected chi connectivity index (χ1v) is 16.6. The highest BCUT2D eigenvalue weighted by atomic mass is 16.5. The average molecular weight is 573 g/mol. The number of hydrogen-bond donors (Lipinski definition) is 2. The molecule has 0 amide bonds. The van der Waals surface area contributed by atoms with Crippen molar-refractivity contribution in [2.75, 3.05) is 6.61 Å². The van der Waals surface area contributed by atoms with Crippen LogP contribution in [0.15, 0.2) is 24.3 Å². The molecule has 1 aromatic carbocycles. The highest BCUT2D eigenvalue weighted by Gasteiger charge is 2.22. The van der Waals surface area contributed by atoms with Gasteiger partial charge in [0.1, 0.15) is 0 Å². The fourth-order valence-electron chi connectivity index (χ4n) is 5.73. The van der Waals surface area contributed by atoms with Crippen LogP contribution in [0.5, 0.6) is 0 Å². The van der Waals surface area contributed by atoms with Gasteiger partial charge in [0.25, 0.3) is 0 Å². The van der Waals surface area contributed by atoms with E-state index in [0.717, 1.165) is 63.4 Å². The molecule has 0 aliphatic heterocycles. The second kappa shape index (κ2) is 20.3. The Morgan fingerprint density at radius 2 is 1.63 bits per heavy atom. The number of benzene rings is 1. The number of allylic oxidation sites excluding steroid dienone is 2. The maximum Gasteiger partial charge on any atom is 0.306 e. The Balaban J connectivity index is 2.67. The number of carbonyl (C=O) groups is 1. The molecule has 4 nitrogen and oxygen atoms in total. The zero-order valence-corrected chi connectivity index (χ0v) is 27.9. The van der Waals surface area contributed by atoms with Crippen molar-refractivity contribution in [1.82, 2.24) is 0 Å². The lowest BCUT2D eigenvalue weighted by atomic mass is 9.88. The summed E-state index contributed by atoms with van der Waals surface area (Å²) in [5, 5.41) is 20.0. The summed E-state index contributed by atoms with van der Waals surface area (Å²) in [6, 6.07) is 4.59. The number of rotatable bonds is 23. The average Bonchev–Trinajstić information content (AvgIpc) is 2.89. The molecule has 0 aliphatic rings. The predicted molar refractivity (Wildman–Crippen MR) is 174 cm³/mol. The van der Waals surface area contributed by atoms with E-state index in [1.807, 2.05) is 6.92 Å². The van der Waals surface area contributed by atoms with Gasteiger partial charge >= 0.3 is 5.97 Å². The van der Waals surface area contributed by atoms with E-state index in [1.54, 1.807) is 6.92 Å². The Bertz CT molecular complexity index is 885. The van der Waals surface area contributed by atoms with Crippen LogP contribution in [-0.2, 0) is 22.6 Å². The molecule has 0 saturated heterocycles. The Morgan fingerprint density at radius 1 is 0.951 bits per heavy atom. The SMILES string of the molecule is C/C=C\CCC(CCCC(C)(O)CCCC(C)C(=O)O)COCc1c(CCC(C)CCCC(C)C)ccc(C)c1C. The Kier molecular flexibility index (Phi) is 18.5. The van der Waals surface area contributed by atoms with Crippen LogP contribution in [0.1, 0.15) is 141 Å². The molecule has 0 aliphatic carbocycles. The highest BCUT2D eigenvalue weighted by molar-refractivity contribution is 5.69. The van der Waals surface area contributed by atoms with Crippen LogP contribution in [0.25, 0.3) is 0 Å². The lowest BCUT2D eigenvalue weighted by Gasteiger charge is -2.25. The summed E-state index contributed by atoms with van der Waals surface area (Å²) in [5.41, 5.74) is 4.79. The third-order valence-electron chi connectivity index (χ3n) is 9.03. The van der Waals surface area contributed by atoms with Gasteiger partial charge in [-0.3, -0.25) is 4.79 Å². The topological polar surface area (TPSA) is 66.8 Å². The van der Waals surface area contributed by atoms with Crippen molar-refractivity contribution in [3.05, 3.63) is 46.5 Å². The molecule has 0 bridgehead atoms. The second-order valence-electron chi connectivity index (χ2n) is 13.7. The van der Waals surface area contributed by atoms with Crippen molar-refractivity contribution in [3.8, 4) is 0 Å². The van der Waals surface area contributed by atoms with Gasteiger partial charge in [-0.2, -0.15) is 0 Å². The van der Waals surface area contributed by atoms with Crippen molar-refractivity contribution < 1.29 is 19.7 Å². The van der Waals surface area contributed by atoms with Gasteiger partial charge < -0.3 is 14.9 Å². The predicted octanol–water partition coefficient (Wildman–Crippen LogP) is 10.00. The van der Waals surface area contributed by atoms with Gasteiger partial charge in [-0.25, -0.2) is 0 Å². The molecule has 2 N–H and O–H groups in total. The first kappa shape index (κ1) is 37.4. The quantitative estimate of drug-likeness (QED) is 0.128. The summed E-state index contributed by atoms with van der Waals surface area (Å²) in [6.07, 6.45) is 17.5. The van der Waals surface area contributed by atoms with Crippen molar-refractivity contribution in [2.24, 2.45) is 23.7 Å². The molecular formula is C37H64O4. The minimum atomic E-state index is -0.756. The number of aryl methyl sites for hydroxylation is 2. The van der Waals surface area contributed by atoms with Crippen LogP contribution in [-0.4, -0.2) is 28.4 Å².